The summed E-state index contributed by atoms with van der Waals surface area (Å²) in [7, 11) is 2.17. The van der Waals surface area contributed by atoms with E-state index in [1.807, 2.05) is 49.7 Å². The van der Waals surface area contributed by atoms with Crippen molar-refractivity contribution in [1.82, 2.24) is 30.0 Å². The second-order valence-corrected chi connectivity index (χ2v) is 11.3. The normalized spacial score (nSPS) is 18.1. The largest absolute Gasteiger partial charge is 0.443 e. The van der Waals surface area contributed by atoms with Gasteiger partial charge < -0.3 is 19.7 Å². The zero-order valence-electron chi connectivity index (χ0n) is 22.9. The third-order valence-electron chi connectivity index (χ3n) is 7.14. The van der Waals surface area contributed by atoms with E-state index in [0.717, 1.165) is 56.3 Å². The Balaban J connectivity index is 1.40. The number of rotatable bonds is 6. The monoisotopic (exact) mass is 521 g/mol. The fourth-order valence-corrected chi connectivity index (χ4v) is 4.98. The summed E-state index contributed by atoms with van der Waals surface area (Å²) in [5.74, 6) is 0.262. The Kier molecular flexibility index (Phi) is 7.92. The van der Waals surface area contributed by atoms with Gasteiger partial charge >= 0.3 is 6.09 Å². The highest BCUT2D eigenvalue weighted by molar-refractivity contribution is 5.95. The van der Waals surface area contributed by atoms with Crippen molar-refractivity contribution in [3.8, 4) is 0 Å². The number of carbonyl (C=O) groups excluding carboxylic acids is 1. The maximum Gasteiger partial charge on any atom is 0.421 e. The van der Waals surface area contributed by atoms with Gasteiger partial charge in [0.1, 0.15) is 5.60 Å². The fraction of sp³-hybridized carbons (Fsp3) is 0.571. The van der Waals surface area contributed by atoms with E-state index in [1.165, 1.54) is 4.90 Å². The summed E-state index contributed by atoms with van der Waals surface area (Å²) < 4.78 is 13.2. The molecule has 5 rings (SSSR count). The van der Waals surface area contributed by atoms with Gasteiger partial charge in [0.15, 0.2) is 5.65 Å². The predicted octanol–water partition coefficient (Wildman–Crippen LogP) is 4.43. The Morgan fingerprint density at radius 3 is 2.50 bits per heavy atom. The van der Waals surface area contributed by atoms with E-state index in [2.05, 4.69) is 27.3 Å². The number of anilines is 2. The third-order valence-corrected chi connectivity index (χ3v) is 7.14. The van der Waals surface area contributed by atoms with Crippen LogP contribution in [0.25, 0.3) is 11.0 Å². The Morgan fingerprint density at radius 2 is 1.82 bits per heavy atom. The minimum absolute atomic E-state index is 0.204. The molecule has 2 fully saturated rings. The number of amides is 1. The van der Waals surface area contributed by atoms with Crippen molar-refractivity contribution in [1.29, 1.82) is 0 Å². The van der Waals surface area contributed by atoms with Crippen LogP contribution in [0.1, 0.15) is 58.1 Å². The Bertz CT molecular complexity index is 1220. The lowest BCUT2D eigenvalue weighted by Crippen LogP contribution is -2.40. The summed E-state index contributed by atoms with van der Waals surface area (Å²) in [6.45, 7) is 9.99. The van der Waals surface area contributed by atoms with Gasteiger partial charge in [-0.25, -0.2) is 19.4 Å². The smallest absolute Gasteiger partial charge is 0.421 e. The van der Waals surface area contributed by atoms with Crippen molar-refractivity contribution >= 4 is 28.8 Å². The molecule has 0 bridgehead atoms. The van der Waals surface area contributed by atoms with E-state index >= 15 is 0 Å². The molecule has 204 valence electrons. The highest BCUT2D eigenvalue weighted by Gasteiger charge is 2.28. The molecule has 1 N–H and O–H groups in total. The molecule has 1 amide bonds. The summed E-state index contributed by atoms with van der Waals surface area (Å²) in [5.41, 5.74) is 1.85. The number of fused-ring (bicyclic) bond motifs is 1. The van der Waals surface area contributed by atoms with Gasteiger partial charge in [-0.15, -0.1) is 0 Å². The van der Waals surface area contributed by atoms with Gasteiger partial charge in [-0.1, -0.05) is 12.1 Å². The first-order chi connectivity index (χ1) is 18.3. The highest BCUT2D eigenvalue weighted by atomic mass is 16.6. The quantitative estimate of drug-likeness (QED) is 0.509. The van der Waals surface area contributed by atoms with Crippen molar-refractivity contribution in [2.24, 2.45) is 0 Å². The molecule has 0 radical (unpaired) electrons. The van der Waals surface area contributed by atoms with E-state index in [-0.39, 0.29) is 12.0 Å². The number of nitrogens with one attached hydrogen (secondary N) is 1. The average molecular weight is 522 g/mol. The summed E-state index contributed by atoms with van der Waals surface area (Å²) >= 11 is 0. The number of likely N-dealkylation sites (tertiary alicyclic amines) is 1. The van der Waals surface area contributed by atoms with Crippen molar-refractivity contribution < 1.29 is 14.3 Å². The molecule has 38 heavy (non-hydrogen) atoms. The van der Waals surface area contributed by atoms with Crippen molar-refractivity contribution in [3.05, 3.63) is 42.2 Å². The van der Waals surface area contributed by atoms with Gasteiger partial charge in [-0.2, -0.15) is 10.1 Å². The minimum Gasteiger partial charge on any atom is -0.443 e. The van der Waals surface area contributed by atoms with Crippen LogP contribution in [0.3, 0.4) is 0 Å². The first-order valence-corrected chi connectivity index (χ1v) is 13.6. The van der Waals surface area contributed by atoms with Gasteiger partial charge in [0.2, 0.25) is 5.95 Å². The lowest BCUT2D eigenvalue weighted by Gasteiger charge is -2.29. The molecule has 0 aliphatic carbocycles. The number of carbonyl (C=O) groups is 1. The molecule has 4 heterocycles. The first-order valence-electron chi connectivity index (χ1n) is 13.6. The molecule has 0 spiro atoms. The Labute approximate surface area is 224 Å². The number of nitrogens with zero attached hydrogens (tertiary/aromatic N) is 6. The van der Waals surface area contributed by atoms with Crippen LogP contribution in [0.4, 0.5) is 16.4 Å². The van der Waals surface area contributed by atoms with Crippen LogP contribution >= 0.6 is 0 Å². The predicted molar refractivity (Wildman–Crippen MR) is 147 cm³/mol. The molecule has 10 nitrogen and oxygen atoms in total. The number of aromatic nitrogens is 4. The molecular formula is C28H39N7O3. The van der Waals surface area contributed by atoms with E-state index in [4.69, 9.17) is 14.5 Å². The van der Waals surface area contributed by atoms with Crippen molar-refractivity contribution in [2.75, 3.05) is 38.3 Å². The molecule has 2 aromatic heterocycles. The van der Waals surface area contributed by atoms with Crippen LogP contribution in [-0.2, 0) is 16.0 Å². The SMILES string of the molecule is CN1CCC(NCc2ccc(N(C(=O)OC(C)(C)C)c3ncc4cnn(C5CCOCC5)c4n3)cc2)CC1. The lowest BCUT2D eigenvalue weighted by atomic mass is 10.1. The van der Waals surface area contributed by atoms with Gasteiger partial charge in [0.05, 0.1) is 23.3 Å². The second-order valence-electron chi connectivity index (χ2n) is 11.3. The third kappa shape index (κ3) is 6.31. The first kappa shape index (κ1) is 26.5. The van der Waals surface area contributed by atoms with Crippen molar-refractivity contribution in [2.45, 2.75) is 70.7 Å². The van der Waals surface area contributed by atoms with Crippen LogP contribution in [0.15, 0.2) is 36.7 Å². The topological polar surface area (TPSA) is 97.6 Å². The maximum absolute atomic E-state index is 13.4. The fourth-order valence-electron chi connectivity index (χ4n) is 4.98. The van der Waals surface area contributed by atoms with Gasteiger partial charge in [-0.3, -0.25) is 0 Å². The van der Waals surface area contributed by atoms with Crippen LogP contribution in [0, 0.1) is 0 Å². The summed E-state index contributed by atoms with van der Waals surface area (Å²) in [4.78, 5) is 26.6. The van der Waals surface area contributed by atoms with E-state index in [9.17, 15) is 4.79 Å². The van der Waals surface area contributed by atoms with Gasteiger partial charge in [0, 0.05) is 32.0 Å². The number of hydrogen-bond acceptors (Lipinski definition) is 8. The number of hydrogen-bond donors (Lipinski definition) is 1. The zero-order valence-corrected chi connectivity index (χ0v) is 22.9. The Hall–Kier alpha value is -3.08. The molecule has 0 saturated carbocycles. The van der Waals surface area contributed by atoms with Gasteiger partial charge in [0.25, 0.3) is 0 Å². The molecule has 2 saturated heterocycles. The van der Waals surface area contributed by atoms with E-state index in [1.54, 1.807) is 12.4 Å². The average Bonchev–Trinajstić information content (AvgIpc) is 3.32. The molecule has 0 unspecified atom stereocenters. The van der Waals surface area contributed by atoms with Gasteiger partial charge in [-0.05, 0) is 84.3 Å². The summed E-state index contributed by atoms with van der Waals surface area (Å²) in [6.07, 6.45) is 7.04. The van der Waals surface area contributed by atoms with Crippen molar-refractivity contribution in [3.63, 3.8) is 0 Å². The maximum atomic E-state index is 13.4. The van der Waals surface area contributed by atoms with E-state index in [0.29, 0.717) is 30.6 Å². The molecule has 3 aromatic rings. The molecule has 1 aromatic carbocycles. The molecule has 2 aliphatic rings. The standard InChI is InChI=1S/C28H39N7O3/c1-28(2,3)38-27(36)34(23-7-5-20(6-8-23)17-29-22-9-13-33(4)14-10-22)26-30-18-21-19-31-35(25(21)32-26)24-11-15-37-16-12-24/h5-8,18-19,22,24,29H,9-17H2,1-4H3. The highest BCUT2D eigenvalue weighted by Crippen LogP contribution is 2.29. The second kappa shape index (κ2) is 11.3. The van der Waals surface area contributed by atoms with Crippen LogP contribution < -0.4 is 10.2 Å². The van der Waals surface area contributed by atoms with Crippen LogP contribution in [-0.4, -0.2) is 75.7 Å². The van der Waals surface area contributed by atoms with Crippen LogP contribution in [0.2, 0.25) is 0 Å². The Morgan fingerprint density at radius 1 is 1.11 bits per heavy atom. The van der Waals surface area contributed by atoms with E-state index < -0.39 is 11.7 Å². The zero-order chi connectivity index (χ0) is 26.7. The number of ether oxygens (including phenoxy) is 2. The van der Waals surface area contributed by atoms with Crippen LogP contribution in [0.5, 0.6) is 0 Å². The molecule has 10 heteroatoms. The number of benzene rings is 1. The summed E-state index contributed by atoms with van der Waals surface area (Å²) in [6, 6.07) is 8.68. The molecule has 2 aliphatic heterocycles. The molecular weight excluding hydrogens is 482 g/mol. The minimum atomic E-state index is -0.665. The molecule has 0 atom stereocenters. The number of piperidine rings is 1. The lowest BCUT2D eigenvalue weighted by molar-refractivity contribution is 0.0597. The summed E-state index contributed by atoms with van der Waals surface area (Å²) in [5, 5.41) is 9.09.